The summed E-state index contributed by atoms with van der Waals surface area (Å²) in [5.41, 5.74) is 0.576. The number of rotatable bonds is 7. The van der Waals surface area contributed by atoms with Gasteiger partial charge in [0.1, 0.15) is 5.75 Å². The molecule has 0 unspecified atom stereocenters. The Hall–Kier alpha value is -0.780. The first-order valence-electron chi connectivity index (χ1n) is 5.71. The topological polar surface area (TPSA) is 52.6 Å². The maximum atomic E-state index is 11.2. The lowest BCUT2D eigenvalue weighted by molar-refractivity contribution is 0.131. The summed E-state index contributed by atoms with van der Waals surface area (Å²) in [7, 11) is 1.61. The molecule has 0 aromatic heterocycles. The monoisotopic (exact) mass is 292 g/mol. The van der Waals surface area contributed by atoms with Gasteiger partial charge >= 0.3 is 0 Å². The minimum atomic E-state index is -3.69. The minimum absolute atomic E-state index is 0.117. The van der Waals surface area contributed by atoms with Crippen LogP contribution in [0.5, 0.6) is 5.75 Å². The second kappa shape index (κ2) is 6.97. The molecule has 0 aliphatic heterocycles. The van der Waals surface area contributed by atoms with Crippen molar-refractivity contribution in [3.63, 3.8) is 0 Å². The second-order valence-corrected chi connectivity index (χ2v) is 6.30. The molecule has 0 aliphatic rings. The molecule has 0 bridgehead atoms. The molecule has 1 rings (SSSR count). The Kier molecular flexibility index (Phi) is 5.91. The van der Waals surface area contributed by atoms with Crippen LogP contribution in [0, 0.1) is 6.92 Å². The van der Waals surface area contributed by atoms with Gasteiger partial charge < -0.3 is 9.47 Å². The van der Waals surface area contributed by atoms with Crippen LogP contribution in [0.1, 0.15) is 18.9 Å². The molecule has 0 N–H and O–H groups in total. The molecular weight excluding hydrogens is 276 g/mol. The van der Waals surface area contributed by atoms with Crippen LogP contribution in [-0.2, 0) is 13.8 Å². The van der Waals surface area contributed by atoms with E-state index in [9.17, 15) is 8.42 Å². The summed E-state index contributed by atoms with van der Waals surface area (Å²) in [6, 6.07) is 4.72. The highest BCUT2D eigenvalue weighted by molar-refractivity contribution is 8.13. The first-order chi connectivity index (χ1) is 8.45. The maximum Gasteiger partial charge on any atom is 0.261 e. The van der Waals surface area contributed by atoms with Gasteiger partial charge in [0.2, 0.25) is 0 Å². The van der Waals surface area contributed by atoms with Gasteiger partial charge in [0.15, 0.2) is 0 Å². The van der Waals surface area contributed by atoms with Crippen LogP contribution >= 0.6 is 10.7 Å². The predicted octanol–water partition coefficient (Wildman–Crippen LogP) is 2.73. The van der Waals surface area contributed by atoms with E-state index in [2.05, 4.69) is 0 Å². The van der Waals surface area contributed by atoms with E-state index in [1.165, 1.54) is 6.07 Å². The largest absolute Gasteiger partial charge is 0.493 e. The van der Waals surface area contributed by atoms with Crippen molar-refractivity contribution in [2.24, 2.45) is 0 Å². The van der Waals surface area contributed by atoms with Crippen LogP contribution in [0.4, 0.5) is 0 Å². The molecule has 6 heteroatoms. The SMILES string of the molecule is CCOCCCOc1ccc(S(=O)(=O)Cl)c(C)c1. The van der Waals surface area contributed by atoms with Gasteiger partial charge in [-0.05, 0) is 37.6 Å². The van der Waals surface area contributed by atoms with E-state index in [1.807, 2.05) is 6.92 Å². The lowest BCUT2D eigenvalue weighted by Crippen LogP contribution is -2.03. The van der Waals surface area contributed by atoms with Gasteiger partial charge in [-0.15, -0.1) is 0 Å². The highest BCUT2D eigenvalue weighted by Crippen LogP contribution is 2.23. The van der Waals surface area contributed by atoms with Crippen molar-refractivity contribution < 1.29 is 17.9 Å². The molecule has 0 amide bonds. The fraction of sp³-hybridized carbons (Fsp3) is 0.500. The van der Waals surface area contributed by atoms with Crippen LogP contribution in [-0.4, -0.2) is 28.2 Å². The van der Waals surface area contributed by atoms with Crippen molar-refractivity contribution >= 4 is 19.7 Å². The molecule has 102 valence electrons. The van der Waals surface area contributed by atoms with Gasteiger partial charge in [-0.3, -0.25) is 0 Å². The average molecular weight is 293 g/mol. The molecule has 0 atom stereocenters. The van der Waals surface area contributed by atoms with Gasteiger partial charge in [-0.1, -0.05) is 0 Å². The normalized spacial score (nSPS) is 11.5. The van der Waals surface area contributed by atoms with Crippen molar-refractivity contribution in [3.05, 3.63) is 23.8 Å². The fourth-order valence-corrected chi connectivity index (χ4v) is 2.67. The Morgan fingerprint density at radius 2 is 2.00 bits per heavy atom. The van der Waals surface area contributed by atoms with Crippen LogP contribution in [0.15, 0.2) is 23.1 Å². The molecule has 18 heavy (non-hydrogen) atoms. The Labute approximate surface area is 112 Å². The third-order valence-electron chi connectivity index (χ3n) is 2.31. The third kappa shape index (κ3) is 4.84. The molecule has 0 radical (unpaired) electrons. The summed E-state index contributed by atoms with van der Waals surface area (Å²) >= 11 is 0. The van der Waals surface area contributed by atoms with Crippen molar-refractivity contribution in [2.45, 2.75) is 25.2 Å². The Morgan fingerprint density at radius 1 is 1.28 bits per heavy atom. The van der Waals surface area contributed by atoms with E-state index >= 15 is 0 Å². The molecule has 4 nitrogen and oxygen atoms in total. The zero-order valence-corrected chi connectivity index (χ0v) is 12.1. The van der Waals surface area contributed by atoms with Gasteiger partial charge in [0.05, 0.1) is 11.5 Å². The number of ether oxygens (including phenoxy) is 2. The molecule has 0 fully saturated rings. The lowest BCUT2D eigenvalue weighted by Gasteiger charge is -2.08. The Bertz CT molecular complexity index is 485. The van der Waals surface area contributed by atoms with Crippen molar-refractivity contribution in [1.29, 1.82) is 0 Å². The number of hydrogen-bond donors (Lipinski definition) is 0. The molecule has 0 saturated heterocycles. The molecule has 1 aromatic rings. The maximum absolute atomic E-state index is 11.2. The van der Waals surface area contributed by atoms with Crippen molar-refractivity contribution in [1.82, 2.24) is 0 Å². The number of aryl methyl sites for hydroxylation is 1. The van der Waals surface area contributed by atoms with Crippen molar-refractivity contribution in [2.75, 3.05) is 19.8 Å². The molecule has 0 saturated carbocycles. The Morgan fingerprint density at radius 3 is 2.56 bits per heavy atom. The number of hydrogen-bond acceptors (Lipinski definition) is 4. The van der Waals surface area contributed by atoms with Gasteiger partial charge in [-0.2, -0.15) is 0 Å². The summed E-state index contributed by atoms with van der Waals surface area (Å²) in [5.74, 6) is 0.632. The quantitative estimate of drug-likeness (QED) is 0.573. The van der Waals surface area contributed by atoms with E-state index in [0.717, 1.165) is 6.42 Å². The summed E-state index contributed by atoms with van der Waals surface area (Å²) in [6.45, 7) is 5.51. The zero-order valence-electron chi connectivity index (χ0n) is 10.5. The van der Waals surface area contributed by atoms with Crippen LogP contribution in [0.25, 0.3) is 0 Å². The smallest absolute Gasteiger partial charge is 0.261 e. The highest BCUT2D eigenvalue weighted by Gasteiger charge is 2.13. The van der Waals surface area contributed by atoms with E-state index in [1.54, 1.807) is 19.1 Å². The van der Waals surface area contributed by atoms with Crippen LogP contribution < -0.4 is 4.74 Å². The fourth-order valence-electron chi connectivity index (χ4n) is 1.48. The first-order valence-corrected chi connectivity index (χ1v) is 8.02. The van der Waals surface area contributed by atoms with E-state index in [0.29, 0.717) is 31.1 Å². The van der Waals surface area contributed by atoms with Gasteiger partial charge in [-0.25, -0.2) is 8.42 Å². The molecule has 0 heterocycles. The standard InChI is InChI=1S/C12H17ClO4S/c1-3-16-7-4-8-17-11-5-6-12(10(2)9-11)18(13,14)15/h5-6,9H,3-4,7-8H2,1-2H3. The van der Waals surface area contributed by atoms with Crippen LogP contribution in [0.3, 0.4) is 0 Å². The summed E-state index contributed by atoms with van der Waals surface area (Å²) in [5, 5.41) is 0. The molecule has 0 aliphatic carbocycles. The van der Waals surface area contributed by atoms with Gasteiger partial charge in [0.25, 0.3) is 9.05 Å². The second-order valence-electron chi connectivity index (χ2n) is 3.76. The summed E-state index contributed by atoms with van der Waals surface area (Å²) < 4.78 is 33.1. The predicted molar refractivity (Wildman–Crippen MR) is 70.8 cm³/mol. The molecule has 1 aromatic carbocycles. The van der Waals surface area contributed by atoms with E-state index in [-0.39, 0.29) is 4.90 Å². The lowest BCUT2D eigenvalue weighted by atomic mass is 10.2. The number of benzene rings is 1. The van der Waals surface area contributed by atoms with Crippen LogP contribution in [0.2, 0.25) is 0 Å². The summed E-state index contributed by atoms with van der Waals surface area (Å²) in [4.78, 5) is 0.117. The summed E-state index contributed by atoms with van der Waals surface area (Å²) in [6.07, 6.45) is 0.794. The first kappa shape index (κ1) is 15.3. The molecule has 0 spiro atoms. The van der Waals surface area contributed by atoms with Gasteiger partial charge in [0, 0.05) is 30.3 Å². The van der Waals surface area contributed by atoms with E-state index in [4.69, 9.17) is 20.2 Å². The highest BCUT2D eigenvalue weighted by atomic mass is 35.7. The number of halogens is 1. The average Bonchev–Trinajstić information content (AvgIpc) is 2.27. The molecular formula is C12H17ClO4S. The van der Waals surface area contributed by atoms with E-state index < -0.39 is 9.05 Å². The zero-order chi connectivity index (χ0) is 13.6. The minimum Gasteiger partial charge on any atom is -0.493 e. The third-order valence-corrected chi connectivity index (χ3v) is 3.80. The van der Waals surface area contributed by atoms with Crippen molar-refractivity contribution in [3.8, 4) is 5.75 Å². The Balaban J connectivity index is 2.57.